The van der Waals surface area contributed by atoms with Crippen molar-refractivity contribution in [1.82, 2.24) is 5.32 Å². The predicted molar refractivity (Wildman–Crippen MR) is 93.4 cm³/mol. The van der Waals surface area contributed by atoms with Crippen LogP contribution in [0.15, 0.2) is 30.4 Å². The summed E-state index contributed by atoms with van der Waals surface area (Å²) in [6, 6.07) is 4.61. The van der Waals surface area contributed by atoms with Crippen LogP contribution in [0.1, 0.15) is 23.7 Å². The fraction of sp³-hybridized carbons (Fsp3) is 0.389. The number of carboxylic acid groups (broad SMARTS) is 1. The number of aliphatic carboxylic acids is 1. The molecule has 2 aliphatic carbocycles. The standard InChI is InChI=1S/C18H19ClN2O4/c1-2-20-16(22)12-6-5-11(19)8-13(12)21-17(23)14-9-3-4-10(7-9)15(14)18(24)25/h3-6,8-10,14-15H,2,7H2,1H3,(H,20,22)(H,21,23)(H,24,25)/t9-,10-,14-,15+/m0/s1. The Morgan fingerprint density at radius 1 is 1.20 bits per heavy atom. The molecular weight excluding hydrogens is 344 g/mol. The van der Waals surface area contributed by atoms with E-state index in [1.807, 2.05) is 12.2 Å². The van der Waals surface area contributed by atoms with Gasteiger partial charge in [0.15, 0.2) is 0 Å². The predicted octanol–water partition coefficient (Wildman–Crippen LogP) is 2.55. The third-order valence-electron chi connectivity index (χ3n) is 4.87. The number of hydrogen-bond acceptors (Lipinski definition) is 3. The van der Waals surface area contributed by atoms with Crippen LogP contribution in [-0.2, 0) is 9.59 Å². The zero-order chi connectivity index (χ0) is 18.1. The highest BCUT2D eigenvalue weighted by Gasteiger charge is 2.51. The minimum absolute atomic E-state index is 0.0850. The number of carbonyl (C=O) groups excluding carboxylic acids is 2. The lowest BCUT2D eigenvalue weighted by Crippen LogP contribution is -2.37. The summed E-state index contributed by atoms with van der Waals surface area (Å²) in [5.41, 5.74) is 0.588. The molecule has 1 aromatic rings. The first kappa shape index (κ1) is 17.5. The van der Waals surface area contributed by atoms with Crippen molar-refractivity contribution in [2.45, 2.75) is 13.3 Å². The van der Waals surface area contributed by atoms with Crippen LogP contribution in [0.5, 0.6) is 0 Å². The lowest BCUT2D eigenvalue weighted by Gasteiger charge is -2.24. The van der Waals surface area contributed by atoms with Gasteiger partial charge in [-0.05, 0) is 43.4 Å². The molecule has 3 rings (SSSR count). The zero-order valence-corrected chi connectivity index (χ0v) is 14.4. The monoisotopic (exact) mass is 362 g/mol. The van der Waals surface area contributed by atoms with Gasteiger partial charge in [0.1, 0.15) is 0 Å². The van der Waals surface area contributed by atoms with Crippen LogP contribution >= 0.6 is 11.6 Å². The Labute approximate surface area is 150 Å². The van der Waals surface area contributed by atoms with Crippen LogP contribution in [0.4, 0.5) is 5.69 Å². The number of allylic oxidation sites excluding steroid dienone is 2. The third-order valence-corrected chi connectivity index (χ3v) is 5.10. The van der Waals surface area contributed by atoms with Crippen LogP contribution in [0, 0.1) is 23.7 Å². The highest BCUT2D eigenvalue weighted by molar-refractivity contribution is 6.31. The van der Waals surface area contributed by atoms with Gasteiger partial charge < -0.3 is 15.7 Å². The lowest BCUT2D eigenvalue weighted by molar-refractivity contribution is -0.146. The van der Waals surface area contributed by atoms with Crippen LogP contribution in [0.3, 0.4) is 0 Å². The Balaban J connectivity index is 1.86. The summed E-state index contributed by atoms with van der Waals surface area (Å²) < 4.78 is 0. The number of fused-ring (bicyclic) bond motifs is 2. The summed E-state index contributed by atoms with van der Waals surface area (Å²) in [6.45, 7) is 2.25. The Morgan fingerprint density at radius 2 is 1.88 bits per heavy atom. The van der Waals surface area contributed by atoms with E-state index in [9.17, 15) is 19.5 Å². The number of hydrogen-bond donors (Lipinski definition) is 3. The first-order valence-electron chi connectivity index (χ1n) is 8.22. The van der Waals surface area contributed by atoms with Gasteiger partial charge in [-0.3, -0.25) is 14.4 Å². The summed E-state index contributed by atoms with van der Waals surface area (Å²) in [7, 11) is 0. The van der Waals surface area contributed by atoms with E-state index >= 15 is 0 Å². The van der Waals surface area contributed by atoms with Gasteiger partial charge in [0.05, 0.1) is 23.1 Å². The van der Waals surface area contributed by atoms with Crippen molar-refractivity contribution in [3.05, 3.63) is 40.9 Å². The van der Waals surface area contributed by atoms with E-state index in [0.717, 1.165) is 0 Å². The average Bonchev–Trinajstić information content (AvgIpc) is 3.16. The van der Waals surface area contributed by atoms with E-state index in [4.69, 9.17) is 11.6 Å². The molecule has 0 unspecified atom stereocenters. The van der Waals surface area contributed by atoms with Gasteiger partial charge >= 0.3 is 5.97 Å². The molecule has 0 aromatic heterocycles. The number of benzene rings is 1. The molecule has 0 heterocycles. The van der Waals surface area contributed by atoms with Gasteiger partial charge in [0, 0.05) is 11.6 Å². The second-order valence-electron chi connectivity index (χ2n) is 6.38. The number of carbonyl (C=O) groups is 3. The molecule has 1 saturated carbocycles. The van der Waals surface area contributed by atoms with Gasteiger partial charge in [0.2, 0.25) is 5.91 Å². The highest BCUT2D eigenvalue weighted by atomic mass is 35.5. The van der Waals surface area contributed by atoms with Crippen molar-refractivity contribution >= 4 is 35.1 Å². The Morgan fingerprint density at radius 3 is 2.52 bits per heavy atom. The molecule has 132 valence electrons. The molecule has 7 heteroatoms. The van der Waals surface area contributed by atoms with Gasteiger partial charge in [-0.2, -0.15) is 0 Å². The smallest absolute Gasteiger partial charge is 0.307 e. The summed E-state index contributed by atoms with van der Waals surface area (Å²) in [6.07, 6.45) is 4.47. The summed E-state index contributed by atoms with van der Waals surface area (Å²) in [5, 5.41) is 15.3. The molecule has 2 aliphatic rings. The molecule has 6 nitrogen and oxygen atoms in total. The molecular formula is C18H19ClN2O4. The van der Waals surface area contributed by atoms with Crippen LogP contribution in [0.25, 0.3) is 0 Å². The minimum Gasteiger partial charge on any atom is -0.481 e. The number of carboxylic acids is 1. The molecule has 0 radical (unpaired) electrons. The molecule has 3 N–H and O–H groups in total. The molecule has 0 spiro atoms. The van der Waals surface area contributed by atoms with E-state index in [1.165, 1.54) is 6.07 Å². The molecule has 1 fully saturated rings. The maximum Gasteiger partial charge on any atom is 0.307 e. The minimum atomic E-state index is -0.966. The maximum atomic E-state index is 12.8. The van der Waals surface area contributed by atoms with Gasteiger partial charge in [-0.25, -0.2) is 0 Å². The second-order valence-corrected chi connectivity index (χ2v) is 6.81. The van der Waals surface area contributed by atoms with Crippen molar-refractivity contribution in [3.8, 4) is 0 Å². The van der Waals surface area contributed by atoms with Crippen LogP contribution in [0.2, 0.25) is 5.02 Å². The zero-order valence-electron chi connectivity index (χ0n) is 13.7. The number of nitrogens with one attached hydrogen (secondary N) is 2. The maximum absolute atomic E-state index is 12.8. The van der Waals surface area contributed by atoms with Gasteiger partial charge in [0.25, 0.3) is 5.91 Å². The van der Waals surface area contributed by atoms with E-state index in [2.05, 4.69) is 10.6 Å². The Bertz CT molecular complexity index is 761. The molecule has 2 amide bonds. The summed E-state index contributed by atoms with van der Waals surface area (Å²) >= 11 is 6.00. The summed E-state index contributed by atoms with van der Waals surface area (Å²) in [5.74, 6) is -3.25. The van der Waals surface area contributed by atoms with Crippen molar-refractivity contribution in [1.29, 1.82) is 0 Å². The largest absolute Gasteiger partial charge is 0.481 e. The molecule has 1 aromatic carbocycles. The van der Waals surface area contributed by atoms with Crippen LogP contribution in [-0.4, -0.2) is 29.4 Å². The number of rotatable bonds is 5. The molecule has 2 bridgehead atoms. The first-order chi connectivity index (χ1) is 11.9. The first-order valence-corrected chi connectivity index (χ1v) is 8.60. The van der Waals surface area contributed by atoms with Gasteiger partial charge in [-0.1, -0.05) is 23.8 Å². The lowest BCUT2D eigenvalue weighted by atomic mass is 9.82. The molecule has 25 heavy (non-hydrogen) atoms. The number of amides is 2. The Hall–Kier alpha value is -2.34. The fourth-order valence-electron chi connectivity index (χ4n) is 3.81. The van der Waals surface area contributed by atoms with E-state index in [0.29, 0.717) is 29.2 Å². The molecule has 4 atom stereocenters. The van der Waals surface area contributed by atoms with Crippen molar-refractivity contribution < 1.29 is 19.5 Å². The topological polar surface area (TPSA) is 95.5 Å². The number of halogens is 1. The summed E-state index contributed by atoms with van der Waals surface area (Å²) in [4.78, 5) is 36.5. The quantitative estimate of drug-likeness (QED) is 0.701. The third kappa shape index (κ3) is 3.26. The molecule has 0 aliphatic heterocycles. The SMILES string of the molecule is CCNC(=O)c1ccc(Cl)cc1NC(=O)[C@@H]1[C@H](C(=O)O)[C@H]2C=C[C@H]1C2. The Kier molecular flexibility index (Phi) is 4.81. The van der Waals surface area contributed by atoms with Crippen molar-refractivity contribution in [3.63, 3.8) is 0 Å². The van der Waals surface area contributed by atoms with E-state index in [-0.39, 0.29) is 17.7 Å². The van der Waals surface area contributed by atoms with E-state index < -0.39 is 23.7 Å². The van der Waals surface area contributed by atoms with E-state index in [1.54, 1.807) is 19.1 Å². The van der Waals surface area contributed by atoms with Crippen molar-refractivity contribution in [2.75, 3.05) is 11.9 Å². The number of anilines is 1. The van der Waals surface area contributed by atoms with Gasteiger partial charge in [-0.15, -0.1) is 0 Å². The highest BCUT2D eigenvalue weighted by Crippen LogP contribution is 2.48. The normalized spacial score (nSPS) is 26.5. The second kappa shape index (κ2) is 6.88. The fourth-order valence-corrected chi connectivity index (χ4v) is 3.98. The van der Waals surface area contributed by atoms with Crippen molar-refractivity contribution in [2.24, 2.45) is 23.7 Å². The molecule has 0 saturated heterocycles. The average molecular weight is 363 g/mol. The van der Waals surface area contributed by atoms with Crippen LogP contribution < -0.4 is 10.6 Å².